The third-order valence-electron chi connectivity index (χ3n) is 2.23. The number of pyridine rings is 2. The number of carbonyl (C=O) groups is 2. The number of rotatable bonds is 3. The van der Waals surface area contributed by atoms with Crippen molar-refractivity contribution in [1.29, 1.82) is 0 Å². The summed E-state index contributed by atoms with van der Waals surface area (Å²) in [4.78, 5) is 30.2. The number of nitrogens with one attached hydrogen (secondary N) is 1. The van der Waals surface area contributed by atoms with Crippen molar-refractivity contribution < 1.29 is 14.7 Å². The zero-order valence-corrected chi connectivity index (χ0v) is 10.3. The Labute approximate surface area is 113 Å². The average molecular weight is 278 g/mol. The second kappa shape index (κ2) is 5.45. The topological polar surface area (TPSA) is 92.2 Å². The maximum atomic E-state index is 11.9. The molecule has 2 heterocycles. The Morgan fingerprint density at radius 1 is 1.26 bits per heavy atom. The Balaban J connectivity index is 2.22. The first-order chi connectivity index (χ1) is 9.08. The van der Waals surface area contributed by atoms with Gasteiger partial charge in [-0.15, -0.1) is 0 Å². The number of aromatic nitrogens is 2. The van der Waals surface area contributed by atoms with E-state index in [2.05, 4.69) is 15.3 Å². The number of carbonyl (C=O) groups excluding carboxylic acids is 1. The van der Waals surface area contributed by atoms with Crippen LogP contribution in [-0.4, -0.2) is 27.0 Å². The summed E-state index contributed by atoms with van der Waals surface area (Å²) in [5, 5.41) is 11.5. The summed E-state index contributed by atoms with van der Waals surface area (Å²) in [6, 6.07) is 5.76. The van der Waals surface area contributed by atoms with Gasteiger partial charge in [0.15, 0.2) is 5.69 Å². The molecule has 0 aliphatic heterocycles. The van der Waals surface area contributed by atoms with Gasteiger partial charge in [-0.25, -0.2) is 9.78 Å². The maximum Gasteiger partial charge on any atom is 0.354 e. The second-order valence-electron chi connectivity index (χ2n) is 3.52. The summed E-state index contributed by atoms with van der Waals surface area (Å²) in [5.41, 5.74) is 0.0813. The molecule has 2 rings (SSSR count). The van der Waals surface area contributed by atoms with Gasteiger partial charge in [0.1, 0.15) is 5.82 Å². The van der Waals surface area contributed by atoms with Crippen LogP contribution in [-0.2, 0) is 0 Å². The lowest BCUT2D eigenvalue weighted by Crippen LogP contribution is -2.14. The molecule has 1 amide bonds. The summed E-state index contributed by atoms with van der Waals surface area (Å²) in [6.07, 6.45) is 2.78. The molecule has 0 unspecified atom stereocenters. The molecule has 0 aromatic carbocycles. The van der Waals surface area contributed by atoms with Gasteiger partial charge in [0.2, 0.25) is 0 Å². The zero-order valence-electron chi connectivity index (χ0n) is 9.50. The van der Waals surface area contributed by atoms with E-state index >= 15 is 0 Å². The Hall–Kier alpha value is -2.47. The van der Waals surface area contributed by atoms with E-state index in [1.54, 1.807) is 0 Å². The quantitative estimate of drug-likeness (QED) is 0.896. The van der Waals surface area contributed by atoms with E-state index in [9.17, 15) is 9.59 Å². The molecular formula is C12H8ClN3O3. The van der Waals surface area contributed by atoms with Gasteiger partial charge in [-0.05, 0) is 18.2 Å². The van der Waals surface area contributed by atoms with Crippen molar-refractivity contribution in [2.75, 3.05) is 5.32 Å². The fourth-order valence-electron chi connectivity index (χ4n) is 1.37. The van der Waals surface area contributed by atoms with Crippen LogP contribution in [0.3, 0.4) is 0 Å². The SMILES string of the molecule is O=C(O)c1cccc(NC(=O)c2ccncc2Cl)n1. The molecule has 0 fully saturated rings. The highest BCUT2D eigenvalue weighted by atomic mass is 35.5. The van der Waals surface area contributed by atoms with Crippen LogP contribution in [0.2, 0.25) is 5.02 Å². The van der Waals surface area contributed by atoms with Gasteiger partial charge in [0, 0.05) is 12.4 Å². The lowest BCUT2D eigenvalue weighted by atomic mass is 10.2. The number of amides is 1. The van der Waals surface area contributed by atoms with Crippen molar-refractivity contribution in [3.63, 3.8) is 0 Å². The van der Waals surface area contributed by atoms with Crippen LogP contribution in [0, 0.1) is 0 Å². The molecular weight excluding hydrogens is 270 g/mol. The van der Waals surface area contributed by atoms with Crippen LogP contribution in [0.1, 0.15) is 20.8 Å². The summed E-state index contributed by atoms with van der Waals surface area (Å²) in [7, 11) is 0. The van der Waals surface area contributed by atoms with E-state index < -0.39 is 11.9 Å². The van der Waals surface area contributed by atoms with Crippen LogP contribution in [0.5, 0.6) is 0 Å². The van der Waals surface area contributed by atoms with Crippen molar-refractivity contribution in [1.82, 2.24) is 9.97 Å². The van der Waals surface area contributed by atoms with Crippen molar-refractivity contribution in [3.05, 3.63) is 52.9 Å². The van der Waals surface area contributed by atoms with E-state index in [1.807, 2.05) is 0 Å². The van der Waals surface area contributed by atoms with E-state index in [0.717, 1.165) is 0 Å². The van der Waals surface area contributed by atoms with Gasteiger partial charge in [-0.2, -0.15) is 0 Å². The second-order valence-corrected chi connectivity index (χ2v) is 3.93. The van der Waals surface area contributed by atoms with E-state index in [1.165, 1.54) is 36.7 Å². The highest BCUT2D eigenvalue weighted by Gasteiger charge is 2.12. The average Bonchev–Trinajstić information content (AvgIpc) is 2.39. The monoisotopic (exact) mass is 277 g/mol. The first-order valence-corrected chi connectivity index (χ1v) is 5.57. The molecule has 19 heavy (non-hydrogen) atoms. The minimum absolute atomic E-state index is 0.137. The van der Waals surface area contributed by atoms with Crippen LogP contribution >= 0.6 is 11.6 Å². The lowest BCUT2D eigenvalue weighted by molar-refractivity contribution is 0.0690. The van der Waals surface area contributed by atoms with Crippen molar-refractivity contribution in [2.45, 2.75) is 0 Å². The zero-order chi connectivity index (χ0) is 13.8. The van der Waals surface area contributed by atoms with Crippen molar-refractivity contribution >= 4 is 29.3 Å². The van der Waals surface area contributed by atoms with E-state index in [0.29, 0.717) is 0 Å². The molecule has 0 saturated carbocycles. The van der Waals surface area contributed by atoms with Crippen LogP contribution in [0.4, 0.5) is 5.82 Å². The largest absolute Gasteiger partial charge is 0.477 e. The Morgan fingerprint density at radius 3 is 2.74 bits per heavy atom. The van der Waals surface area contributed by atoms with Gasteiger partial charge in [0.25, 0.3) is 5.91 Å². The number of halogens is 1. The number of carboxylic acid groups (broad SMARTS) is 1. The van der Waals surface area contributed by atoms with E-state index in [-0.39, 0.29) is 22.1 Å². The van der Waals surface area contributed by atoms with Gasteiger partial charge in [-0.1, -0.05) is 17.7 Å². The van der Waals surface area contributed by atoms with E-state index in [4.69, 9.17) is 16.7 Å². The number of hydrogen-bond donors (Lipinski definition) is 2. The summed E-state index contributed by atoms with van der Waals surface area (Å²) in [6.45, 7) is 0. The van der Waals surface area contributed by atoms with Crippen LogP contribution < -0.4 is 5.32 Å². The normalized spacial score (nSPS) is 9.95. The minimum Gasteiger partial charge on any atom is -0.477 e. The van der Waals surface area contributed by atoms with Gasteiger partial charge >= 0.3 is 5.97 Å². The van der Waals surface area contributed by atoms with Crippen LogP contribution in [0.15, 0.2) is 36.7 Å². The first-order valence-electron chi connectivity index (χ1n) is 5.19. The molecule has 0 atom stereocenters. The predicted octanol–water partition coefficient (Wildman–Crippen LogP) is 2.08. The molecule has 7 heteroatoms. The number of aromatic carboxylic acids is 1. The summed E-state index contributed by atoms with van der Waals surface area (Å²) in [5.74, 6) is -1.52. The van der Waals surface area contributed by atoms with Gasteiger partial charge < -0.3 is 10.4 Å². The predicted molar refractivity (Wildman–Crippen MR) is 68.4 cm³/mol. The molecule has 2 N–H and O–H groups in total. The molecule has 2 aromatic rings. The van der Waals surface area contributed by atoms with Crippen LogP contribution in [0.25, 0.3) is 0 Å². The van der Waals surface area contributed by atoms with Gasteiger partial charge in [-0.3, -0.25) is 9.78 Å². The minimum atomic E-state index is -1.17. The highest BCUT2D eigenvalue weighted by Crippen LogP contribution is 2.15. The number of hydrogen-bond acceptors (Lipinski definition) is 4. The highest BCUT2D eigenvalue weighted by molar-refractivity contribution is 6.34. The fraction of sp³-hybridized carbons (Fsp3) is 0. The Morgan fingerprint density at radius 2 is 2.05 bits per heavy atom. The molecule has 0 spiro atoms. The smallest absolute Gasteiger partial charge is 0.354 e. The molecule has 6 nitrogen and oxygen atoms in total. The molecule has 96 valence electrons. The van der Waals surface area contributed by atoms with Crippen molar-refractivity contribution in [3.8, 4) is 0 Å². The third kappa shape index (κ3) is 3.05. The van der Waals surface area contributed by atoms with Crippen molar-refractivity contribution in [2.24, 2.45) is 0 Å². The lowest BCUT2D eigenvalue weighted by Gasteiger charge is -2.06. The molecule has 0 saturated heterocycles. The molecule has 0 radical (unpaired) electrons. The standard InChI is InChI=1S/C12H8ClN3O3/c13-8-6-14-5-4-7(8)11(17)16-10-3-1-2-9(15-10)12(18)19/h1-6H,(H,18,19)(H,15,16,17). The fourth-order valence-corrected chi connectivity index (χ4v) is 1.57. The Bertz CT molecular complexity index is 646. The summed E-state index contributed by atoms with van der Waals surface area (Å²) < 4.78 is 0. The molecule has 0 aliphatic carbocycles. The Kier molecular flexibility index (Phi) is 3.72. The number of nitrogens with zero attached hydrogens (tertiary/aromatic N) is 2. The molecule has 2 aromatic heterocycles. The summed E-state index contributed by atoms with van der Waals surface area (Å²) >= 11 is 5.83. The number of carboxylic acids is 1. The first kappa shape index (κ1) is 13.0. The third-order valence-corrected chi connectivity index (χ3v) is 2.53. The molecule has 0 aliphatic rings. The number of anilines is 1. The maximum absolute atomic E-state index is 11.9. The molecule has 0 bridgehead atoms. The van der Waals surface area contributed by atoms with Gasteiger partial charge in [0.05, 0.1) is 10.6 Å².